The van der Waals surface area contributed by atoms with Gasteiger partial charge in [-0.2, -0.15) is 5.26 Å². The molecule has 0 aliphatic rings. The Kier molecular flexibility index (Phi) is 4.47. The molecule has 21 heavy (non-hydrogen) atoms. The molecule has 0 atom stereocenters. The Morgan fingerprint density at radius 1 is 1.14 bits per heavy atom. The molecule has 0 heterocycles. The molecule has 0 saturated heterocycles. The maximum absolute atomic E-state index is 12.8. The van der Waals surface area contributed by atoms with E-state index in [4.69, 9.17) is 10.00 Å². The van der Waals surface area contributed by atoms with Crippen LogP contribution in [0.2, 0.25) is 0 Å². The van der Waals surface area contributed by atoms with Crippen molar-refractivity contribution in [2.75, 3.05) is 7.11 Å². The lowest BCUT2D eigenvalue weighted by atomic mass is 10.0. The van der Waals surface area contributed by atoms with E-state index in [2.05, 4.69) is 0 Å². The molecule has 104 valence electrons. The largest absolute Gasteiger partial charge is 0.497 e. The number of hydrogen-bond acceptors (Lipinski definition) is 3. The van der Waals surface area contributed by atoms with Gasteiger partial charge < -0.3 is 4.74 Å². The maximum atomic E-state index is 12.8. The number of halogens is 1. The normalized spacial score (nSPS) is 10.8. The van der Waals surface area contributed by atoms with Crippen molar-refractivity contribution >= 4 is 11.9 Å². The number of rotatable bonds is 4. The highest BCUT2D eigenvalue weighted by molar-refractivity contribution is 6.14. The number of methoxy groups -OCH3 is 1. The molecular weight excluding hydrogens is 269 g/mol. The Balaban J connectivity index is 2.29. The standard InChI is InChI=1S/C17H12FNO2/c1-21-16-8-4-13(5-9-16)17(20)14(11-19)10-12-2-6-15(18)7-3-12/h2-10H,1H3/b14-10+. The molecule has 0 fully saturated rings. The molecule has 0 N–H and O–H groups in total. The second-order valence-electron chi connectivity index (χ2n) is 4.28. The van der Waals surface area contributed by atoms with Crippen molar-refractivity contribution in [3.63, 3.8) is 0 Å². The smallest absolute Gasteiger partial charge is 0.203 e. The van der Waals surface area contributed by atoms with Gasteiger partial charge >= 0.3 is 0 Å². The minimum atomic E-state index is -0.385. The molecule has 0 bridgehead atoms. The first-order valence-electron chi connectivity index (χ1n) is 6.20. The van der Waals surface area contributed by atoms with Gasteiger partial charge in [-0.05, 0) is 48.0 Å². The molecule has 3 nitrogen and oxygen atoms in total. The van der Waals surface area contributed by atoms with Crippen LogP contribution in [0.15, 0.2) is 54.1 Å². The van der Waals surface area contributed by atoms with E-state index < -0.39 is 0 Å². The summed E-state index contributed by atoms with van der Waals surface area (Å²) in [4.78, 5) is 12.2. The number of ether oxygens (including phenoxy) is 1. The number of Topliss-reactive ketones (excluding diaryl/α,β-unsaturated/α-hetero) is 1. The highest BCUT2D eigenvalue weighted by Crippen LogP contribution is 2.16. The van der Waals surface area contributed by atoms with Crippen LogP contribution in [0, 0.1) is 17.1 Å². The SMILES string of the molecule is COc1ccc(C(=O)/C(C#N)=C/c2ccc(F)cc2)cc1. The summed E-state index contributed by atoms with van der Waals surface area (Å²) >= 11 is 0. The fourth-order valence-corrected chi connectivity index (χ4v) is 1.77. The van der Waals surface area contributed by atoms with Crippen molar-refractivity contribution in [2.45, 2.75) is 0 Å². The summed E-state index contributed by atoms with van der Waals surface area (Å²) < 4.78 is 17.9. The molecule has 2 rings (SSSR count). The van der Waals surface area contributed by atoms with Crippen LogP contribution >= 0.6 is 0 Å². The minimum absolute atomic E-state index is 0.00762. The van der Waals surface area contributed by atoms with Gasteiger partial charge in [0.15, 0.2) is 0 Å². The zero-order valence-corrected chi connectivity index (χ0v) is 11.3. The van der Waals surface area contributed by atoms with E-state index in [1.165, 1.54) is 37.5 Å². The lowest BCUT2D eigenvalue weighted by Crippen LogP contribution is -2.01. The van der Waals surface area contributed by atoms with Crippen LogP contribution in [0.25, 0.3) is 6.08 Å². The summed E-state index contributed by atoms with van der Waals surface area (Å²) in [6.07, 6.45) is 1.44. The number of allylic oxidation sites excluding steroid dienone is 1. The van der Waals surface area contributed by atoms with E-state index in [1.54, 1.807) is 24.3 Å². The van der Waals surface area contributed by atoms with E-state index in [0.717, 1.165) is 0 Å². The van der Waals surface area contributed by atoms with Crippen molar-refractivity contribution in [3.05, 3.63) is 71.0 Å². The van der Waals surface area contributed by atoms with E-state index >= 15 is 0 Å². The Morgan fingerprint density at radius 2 is 1.76 bits per heavy atom. The van der Waals surface area contributed by atoms with Crippen molar-refractivity contribution in [2.24, 2.45) is 0 Å². The fraction of sp³-hybridized carbons (Fsp3) is 0.0588. The van der Waals surface area contributed by atoms with E-state index in [1.807, 2.05) is 6.07 Å². The van der Waals surface area contributed by atoms with Crippen LogP contribution in [0.4, 0.5) is 4.39 Å². The molecule has 0 radical (unpaired) electrons. The van der Waals surface area contributed by atoms with Crippen LogP contribution in [-0.2, 0) is 0 Å². The Hall–Kier alpha value is -2.93. The number of benzene rings is 2. The molecular formula is C17H12FNO2. The third kappa shape index (κ3) is 3.54. The lowest BCUT2D eigenvalue weighted by molar-refractivity contribution is 0.104. The maximum Gasteiger partial charge on any atom is 0.203 e. The number of nitrogens with zero attached hydrogens (tertiary/aromatic N) is 1. The van der Waals surface area contributed by atoms with Crippen LogP contribution in [0.1, 0.15) is 15.9 Å². The summed E-state index contributed by atoms with van der Waals surface area (Å²) in [6, 6.07) is 13.9. The van der Waals surface area contributed by atoms with Gasteiger partial charge in [-0.3, -0.25) is 4.79 Å². The Morgan fingerprint density at radius 3 is 2.29 bits per heavy atom. The Labute approximate surface area is 121 Å². The average Bonchev–Trinajstić information content (AvgIpc) is 2.54. The number of hydrogen-bond donors (Lipinski definition) is 0. The topological polar surface area (TPSA) is 50.1 Å². The monoisotopic (exact) mass is 281 g/mol. The summed E-state index contributed by atoms with van der Waals surface area (Å²) in [6.45, 7) is 0. The molecule has 4 heteroatoms. The number of nitriles is 1. The first kappa shape index (κ1) is 14.5. The van der Waals surface area contributed by atoms with Gasteiger partial charge in [-0.25, -0.2) is 4.39 Å². The van der Waals surface area contributed by atoms with E-state index in [0.29, 0.717) is 16.9 Å². The average molecular weight is 281 g/mol. The van der Waals surface area contributed by atoms with Gasteiger partial charge in [-0.1, -0.05) is 12.1 Å². The molecule has 0 aromatic heterocycles. The predicted molar refractivity (Wildman–Crippen MR) is 77.3 cm³/mol. The van der Waals surface area contributed by atoms with Crippen LogP contribution in [0.5, 0.6) is 5.75 Å². The summed E-state index contributed by atoms with van der Waals surface area (Å²) in [5, 5.41) is 9.14. The van der Waals surface area contributed by atoms with Crippen LogP contribution in [0.3, 0.4) is 0 Å². The molecule has 0 aliphatic heterocycles. The van der Waals surface area contributed by atoms with E-state index in [9.17, 15) is 9.18 Å². The highest BCUT2D eigenvalue weighted by atomic mass is 19.1. The molecule has 2 aromatic carbocycles. The molecule has 0 spiro atoms. The molecule has 0 amide bonds. The zero-order chi connectivity index (χ0) is 15.2. The van der Waals surface area contributed by atoms with Crippen molar-refractivity contribution < 1.29 is 13.9 Å². The first-order chi connectivity index (χ1) is 10.1. The quantitative estimate of drug-likeness (QED) is 0.488. The lowest BCUT2D eigenvalue weighted by Gasteiger charge is -2.02. The summed E-state index contributed by atoms with van der Waals surface area (Å²) in [7, 11) is 1.53. The third-order valence-corrected chi connectivity index (χ3v) is 2.90. The van der Waals surface area contributed by atoms with Gasteiger partial charge in [0.1, 0.15) is 23.2 Å². The molecule has 2 aromatic rings. The first-order valence-corrected chi connectivity index (χ1v) is 6.20. The van der Waals surface area contributed by atoms with Gasteiger partial charge in [0, 0.05) is 5.56 Å². The van der Waals surface area contributed by atoms with Crippen LogP contribution in [-0.4, -0.2) is 12.9 Å². The molecule has 0 aliphatic carbocycles. The second kappa shape index (κ2) is 6.49. The van der Waals surface area contributed by atoms with Gasteiger partial charge in [0.05, 0.1) is 7.11 Å². The van der Waals surface area contributed by atoms with Crippen molar-refractivity contribution in [1.29, 1.82) is 5.26 Å². The second-order valence-corrected chi connectivity index (χ2v) is 4.28. The minimum Gasteiger partial charge on any atom is -0.497 e. The number of carbonyl (C=O) groups excluding carboxylic acids is 1. The molecule has 0 unspecified atom stereocenters. The van der Waals surface area contributed by atoms with Gasteiger partial charge in [-0.15, -0.1) is 0 Å². The Bertz CT molecular complexity index is 710. The fourth-order valence-electron chi connectivity index (χ4n) is 1.77. The number of carbonyl (C=O) groups is 1. The van der Waals surface area contributed by atoms with E-state index in [-0.39, 0.29) is 17.2 Å². The molecule has 0 saturated carbocycles. The van der Waals surface area contributed by atoms with Crippen molar-refractivity contribution in [3.8, 4) is 11.8 Å². The van der Waals surface area contributed by atoms with Gasteiger partial charge in [0.2, 0.25) is 5.78 Å². The summed E-state index contributed by atoms with van der Waals surface area (Å²) in [5.41, 5.74) is 0.979. The van der Waals surface area contributed by atoms with Crippen molar-refractivity contribution in [1.82, 2.24) is 0 Å². The zero-order valence-electron chi connectivity index (χ0n) is 11.3. The van der Waals surface area contributed by atoms with Crippen LogP contribution < -0.4 is 4.74 Å². The number of ketones is 1. The third-order valence-electron chi connectivity index (χ3n) is 2.90. The summed E-state index contributed by atoms with van der Waals surface area (Å²) in [5.74, 6) is -0.121. The van der Waals surface area contributed by atoms with Gasteiger partial charge in [0.25, 0.3) is 0 Å². The highest BCUT2D eigenvalue weighted by Gasteiger charge is 2.12. The predicted octanol–water partition coefficient (Wildman–Crippen LogP) is 3.62.